The lowest BCUT2D eigenvalue weighted by atomic mass is 9.91. The number of nitrogen functional groups attached to an aromatic ring is 1. The van der Waals surface area contributed by atoms with Crippen molar-refractivity contribution in [3.05, 3.63) is 29.8 Å². The lowest BCUT2D eigenvalue weighted by Gasteiger charge is -2.18. The second-order valence-corrected chi connectivity index (χ2v) is 3.90. The summed E-state index contributed by atoms with van der Waals surface area (Å²) < 4.78 is 0. The van der Waals surface area contributed by atoms with Crippen molar-refractivity contribution in [1.29, 1.82) is 0 Å². The number of aliphatic hydroxyl groups is 1. The largest absolute Gasteiger partial charge is 0.399 e. The van der Waals surface area contributed by atoms with Crippen LogP contribution in [-0.4, -0.2) is 17.8 Å². The molecule has 0 aliphatic heterocycles. The molecule has 0 saturated carbocycles. The number of hydrogen-bond acceptors (Lipinski definition) is 3. The molecule has 3 nitrogen and oxygen atoms in total. The zero-order valence-electron chi connectivity index (χ0n) is 9.19. The first-order valence-electron chi connectivity index (χ1n) is 5.41. The topological polar surface area (TPSA) is 72.3 Å². The fraction of sp³-hybridized carbons (Fsp3) is 0.500. The van der Waals surface area contributed by atoms with Crippen LogP contribution in [0, 0.1) is 0 Å². The molecule has 0 aliphatic carbocycles. The van der Waals surface area contributed by atoms with Crippen LogP contribution >= 0.6 is 0 Å². The minimum Gasteiger partial charge on any atom is -0.399 e. The average Bonchev–Trinajstić information content (AvgIpc) is 2.27. The first-order chi connectivity index (χ1) is 7.17. The van der Waals surface area contributed by atoms with Gasteiger partial charge in [0.15, 0.2) is 0 Å². The van der Waals surface area contributed by atoms with E-state index in [1.807, 2.05) is 24.3 Å². The van der Waals surface area contributed by atoms with Crippen LogP contribution in [0.15, 0.2) is 24.3 Å². The molecule has 0 bridgehead atoms. The van der Waals surface area contributed by atoms with Crippen molar-refractivity contribution in [3.63, 3.8) is 0 Å². The third kappa shape index (κ3) is 3.53. The average molecular weight is 208 g/mol. The third-order valence-corrected chi connectivity index (χ3v) is 2.73. The number of rotatable bonds is 5. The molecule has 0 fully saturated rings. The second-order valence-electron chi connectivity index (χ2n) is 3.90. The van der Waals surface area contributed by atoms with Crippen LogP contribution in [0.5, 0.6) is 0 Å². The van der Waals surface area contributed by atoms with Crippen molar-refractivity contribution in [3.8, 4) is 0 Å². The minimum atomic E-state index is -0.410. The summed E-state index contributed by atoms with van der Waals surface area (Å²) in [6.45, 7) is 2.44. The van der Waals surface area contributed by atoms with Gasteiger partial charge in [-0.15, -0.1) is 0 Å². The molecule has 0 spiro atoms. The van der Waals surface area contributed by atoms with Crippen molar-refractivity contribution in [1.82, 2.24) is 0 Å². The number of benzene rings is 1. The van der Waals surface area contributed by atoms with Gasteiger partial charge in [0, 0.05) is 12.2 Å². The Kier molecular flexibility index (Phi) is 4.59. The van der Waals surface area contributed by atoms with Crippen molar-refractivity contribution in [2.75, 3.05) is 12.3 Å². The summed E-state index contributed by atoms with van der Waals surface area (Å²) in [7, 11) is 0. The molecule has 15 heavy (non-hydrogen) atoms. The number of anilines is 1. The molecule has 3 heteroatoms. The second kappa shape index (κ2) is 5.73. The molecule has 84 valence electrons. The molecule has 0 saturated heterocycles. The highest BCUT2D eigenvalue weighted by molar-refractivity contribution is 5.40. The van der Waals surface area contributed by atoms with E-state index >= 15 is 0 Å². The quantitative estimate of drug-likeness (QED) is 0.642. The van der Waals surface area contributed by atoms with E-state index in [0.717, 1.165) is 18.5 Å². The Morgan fingerprint density at radius 1 is 1.27 bits per heavy atom. The van der Waals surface area contributed by atoms with Gasteiger partial charge in [0.25, 0.3) is 0 Å². The van der Waals surface area contributed by atoms with Crippen LogP contribution in [0.3, 0.4) is 0 Å². The first-order valence-corrected chi connectivity index (χ1v) is 5.41. The van der Waals surface area contributed by atoms with E-state index in [4.69, 9.17) is 11.5 Å². The van der Waals surface area contributed by atoms with E-state index in [1.54, 1.807) is 0 Å². The molecule has 0 amide bonds. The van der Waals surface area contributed by atoms with Crippen LogP contribution in [-0.2, 0) is 0 Å². The maximum absolute atomic E-state index is 9.53. The van der Waals surface area contributed by atoms with Gasteiger partial charge in [-0.25, -0.2) is 0 Å². The lowest BCUT2D eigenvalue weighted by molar-refractivity contribution is 0.162. The Morgan fingerprint density at radius 3 is 2.33 bits per heavy atom. The smallest absolute Gasteiger partial charge is 0.0668 e. The van der Waals surface area contributed by atoms with Gasteiger partial charge in [-0.05, 0) is 36.5 Å². The molecule has 1 aromatic carbocycles. The monoisotopic (exact) mass is 208 g/mol. The van der Waals surface area contributed by atoms with Gasteiger partial charge in [-0.2, -0.15) is 0 Å². The van der Waals surface area contributed by atoms with E-state index < -0.39 is 6.10 Å². The summed E-state index contributed by atoms with van der Waals surface area (Å²) in [6.07, 6.45) is 1.31. The molecular formula is C12H20N2O. The van der Waals surface area contributed by atoms with E-state index in [1.165, 1.54) is 5.56 Å². The van der Waals surface area contributed by atoms with Crippen LogP contribution < -0.4 is 11.5 Å². The Hall–Kier alpha value is -1.06. The molecule has 2 atom stereocenters. The highest BCUT2D eigenvalue weighted by Gasteiger charge is 2.13. The molecule has 1 rings (SSSR count). The van der Waals surface area contributed by atoms with Crippen molar-refractivity contribution in [2.45, 2.75) is 31.8 Å². The van der Waals surface area contributed by atoms with Crippen LogP contribution in [0.25, 0.3) is 0 Å². The molecule has 1 aromatic rings. The molecule has 0 radical (unpaired) electrons. The van der Waals surface area contributed by atoms with Crippen molar-refractivity contribution >= 4 is 5.69 Å². The highest BCUT2D eigenvalue weighted by atomic mass is 16.3. The summed E-state index contributed by atoms with van der Waals surface area (Å²) in [5, 5.41) is 9.53. The summed E-state index contributed by atoms with van der Waals surface area (Å²) in [6, 6.07) is 7.83. The van der Waals surface area contributed by atoms with E-state index in [2.05, 4.69) is 6.92 Å². The van der Waals surface area contributed by atoms with Gasteiger partial charge < -0.3 is 16.6 Å². The van der Waals surface area contributed by atoms with E-state index in [0.29, 0.717) is 12.5 Å². The van der Waals surface area contributed by atoms with Crippen molar-refractivity contribution < 1.29 is 5.11 Å². The number of nitrogens with two attached hydrogens (primary N) is 2. The van der Waals surface area contributed by atoms with Gasteiger partial charge >= 0.3 is 0 Å². The van der Waals surface area contributed by atoms with E-state index in [-0.39, 0.29) is 0 Å². The van der Waals surface area contributed by atoms with Gasteiger partial charge in [-0.1, -0.05) is 19.1 Å². The summed E-state index contributed by atoms with van der Waals surface area (Å²) in [5.41, 5.74) is 13.0. The zero-order valence-corrected chi connectivity index (χ0v) is 9.19. The SMILES string of the molecule is CCC(CC(O)CN)c1ccc(N)cc1. The van der Waals surface area contributed by atoms with Gasteiger partial charge in [0.2, 0.25) is 0 Å². The van der Waals surface area contributed by atoms with E-state index in [9.17, 15) is 5.11 Å². The predicted molar refractivity (Wildman–Crippen MR) is 63.6 cm³/mol. The van der Waals surface area contributed by atoms with Gasteiger partial charge in [0.05, 0.1) is 6.10 Å². The van der Waals surface area contributed by atoms with Gasteiger partial charge in [-0.3, -0.25) is 0 Å². The number of aliphatic hydroxyl groups excluding tert-OH is 1. The standard InChI is InChI=1S/C12H20N2O/c1-2-9(7-12(15)8-13)10-3-5-11(14)6-4-10/h3-6,9,12,15H,2,7-8,13-14H2,1H3. The first kappa shape index (κ1) is 12.0. The Bertz CT molecular complexity index is 284. The van der Waals surface area contributed by atoms with Gasteiger partial charge in [0.1, 0.15) is 0 Å². The number of hydrogen-bond donors (Lipinski definition) is 3. The molecule has 5 N–H and O–H groups in total. The highest BCUT2D eigenvalue weighted by Crippen LogP contribution is 2.25. The predicted octanol–water partition coefficient (Wildman–Crippen LogP) is 1.47. The zero-order chi connectivity index (χ0) is 11.3. The molecular weight excluding hydrogens is 188 g/mol. The Balaban J connectivity index is 2.69. The fourth-order valence-electron chi connectivity index (χ4n) is 1.73. The summed E-state index contributed by atoms with van der Waals surface area (Å²) in [5.74, 6) is 0.365. The Labute approximate surface area is 91.1 Å². The molecule has 0 aromatic heterocycles. The maximum Gasteiger partial charge on any atom is 0.0668 e. The minimum absolute atomic E-state index is 0.325. The Morgan fingerprint density at radius 2 is 1.87 bits per heavy atom. The molecule has 0 aliphatic rings. The van der Waals surface area contributed by atoms with Crippen LogP contribution in [0.1, 0.15) is 31.2 Å². The van der Waals surface area contributed by atoms with Crippen LogP contribution in [0.4, 0.5) is 5.69 Å². The summed E-state index contributed by atoms with van der Waals surface area (Å²) >= 11 is 0. The molecule has 0 heterocycles. The summed E-state index contributed by atoms with van der Waals surface area (Å²) in [4.78, 5) is 0. The maximum atomic E-state index is 9.53. The normalized spacial score (nSPS) is 14.9. The van der Waals surface area contributed by atoms with Crippen molar-refractivity contribution in [2.24, 2.45) is 5.73 Å². The van der Waals surface area contributed by atoms with Crippen LogP contribution in [0.2, 0.25) is 0 Å². The third-order valence-electron chi connectivity index (χ3n) is 2.73. The lowest BCUT2D eigenvalue weighted by Crippen LogP contribution is -2.22. The molecule has 2 unspecified atom stereocenters. The fourth-order valence-corrected chi connectivity index (χ4v) is 1.73.